The van der Waals surface area contributed by atoms with Crippen molar-refractivity contribution in [1.82, 2.24) is 19.6 Å². The highest BCUT2D eigenvalue weighted by atomic mass is 16.4. The quantitative estimate of drug-likeness (QED) is 0.739. The van der Waals surface area contributed by atoms with Crippen LogP contribution in [0.5, 0.6) is 0 Å². The van der Waals surface area contributed by atoms with Gasteiger partial charge in [-0.1, -0.05) is 0 Å². The summed E-state index contributed by atoms with van der Waals surface area (Å²) >= 11 is 0. The van der Waals surface area contributed by atoms with Crippen molar-refractivity contribution in [2.75, 3.05) is 5.32 Å². The summed E-state index contributed by atoms with van der Waals surface area (Å²) in [5.41, 5.74) is 0.927. The molecule has 0 unspecified atom stereocenters. The minimum atomic E-state index is 0.506. The van der Waals surface area contributed by atoms with Crippen LogP contribution in [0.4, 0.5) is 5.82 Å². The van der Waals surface area contributed by atoms with E-state index >= 15 is 0 Å². The zero-order chi connectivity index (χ0) is 11.7. The molecule has 0 aliphatic heterocycles. The SMILES string of the molecule is Cc1cnc(CNc2nccn3nccc23)o1. The summed E-state index contributed by atoms with van der Waals surface area (Å²) in [6.45, 7) is 2.37. The zero-order valence-electron chi connectivity index (χ0n) is 9.29. The molecule has 6 nitrogen and oxygen atoms in total. The van der Waals surface area contributed by atoms with Gasteiger partial charge in [0.1, 0.15) is 11.3 Å². The Hall–Kier alpha value is -2.37. The summed E-state index contributed by atoms with van der Waals surface area (Å²) in [5.74, 6) is 2.21. The summed E-state index contributed by atoms with van der Waals surface area (Å²) in [6, 6.07) is 1.90. The Labute approximate surface area is 97.3 Å². The van der Waals surface area contributed by atoms with Crippen molar-refractivity contribution in [2.45, 2.75) is 13.5 Å². The van der Waals surface area contributed by atoms with E-state index in [1.54, 1.807) is 29.3 Å². The molecule has 17 heavy (non-hydrogen) atoms. The second-order valence-electron chi connectivity index (χ2n) is 3.66. The number of rotatable bonds is 3. The molecule has 1 N–H and O–H groups in total. The largest absolute Gasteiger partial charge is 0.444 e. The number of aromatic nitrogens is 4. The van der Waals surface area contributed by atoms with Crippen molar-refractivity contribution in [2.24, 2.45) is 0 Å². The smallest absolute Gasteiger partial charge is 0.213 e. The van der Waals surface area contributed by atoms with Crippen LogP contribution < -0.4 is 5.32 Å². The average Bonchev–Trinajstić information content (AvgIpc) is 2.94. The fourth-order valence-corrected chi connectivity index (χ4v) is 1.64. The van der Waals surface area contributed by atoms with Gasteiger partial charge in [-0.3, -0.25) is 0 Å². The van der Waals surface area contributed by atoms with Gasteiger partial charge in [0.15, 0.2) is 5.82 Å². The Kier molecular flexibility index (Phi) is 2.25. The predicted octanol–water partition coefficient (Wildman–Crippen LogP) is 1.64. The predicted molar refractivity (Wildman–Crippen MR) is 61.6 cm³/mol. The van der Waals surface area contributed by atoms with Gasteiger partial charge in [-0.15, -0.1) is 0 Å². The maximum absolute atomic E-state index is 5.37. The number of nitrogens with one attached hydrogen (secondary N) is 1. The van der Waals surface area contributed by atoms with Gasteiger partial charge in [0, 0.05) is 12.4 Å². The van der Waals surface area contributed by atoms with Gasteiger partial charge in [-0.05, 0) is 13.0 Å². The zero-order valence-corrected chi connectivity index (χ0v) is 9.29. The van der Waals surface area contributed by atoms with Crippen LogP contribution in [0.25, 0.3) is 5.52 Å². The number of fused-ring (bicyclic) bond motifs is 1. The first-order valence-corrected chi connectivity index (χ1v) is 5.26. The number of anilines is 1. The monoisotopic (exact) mass is 229 g/mol. The molecular weight excluding hydrogens is 218 g/mol. The van der Waals surface area contributed by atoms with Crippen LogP contribution in [0.15, 0.2) is 35.3 Å². The molecule has 0 atom stereocenters. The van der Waals surface area contributed by atoms with Crippen LogP contribution >= 0.6 is 0 Å². The molecule has 3 aromatic rings. The summed E-state index contributed by atoms with van der Waals surface area (Å²) in [5, 5.41) is 7.31. The summed E-state index contributed by atoms with van der Waals surface area (Å²) in [6.07, 6.45) is 6.93. The fourth-order valence-electron chi connectivity index (χ4n) is 1.64. The Balaban J connectivity index is 1.83. The first-order valence-electron chi connectivity index (χ1n) is 5.26. The van der Waals surface area contributed by atoms with Crippen molar-refractivity contribution in [1.29, 1.82) is 0 Å². The second kappa shape index (κ2) is 3.89. The van der Waals surface area contributed by atoms with Crippen molar-refractivity contribution < 1.29 is 4.42 Å². The van der Waals surface area contributed by atoms with E-state index in [1.807, 2.05) is 13.0 Å². The molecule has 3 aromatic heterocycles. The van der Waals surface area contributed by atoms with E-state index in [1.165, 1.54) is 0 Å². The van der Waals surface area contributed by atoms with Crippen LogP contribution in [0.2, 0.25) is 0 Å². The van der Waals surface area contributed by atoms with Gasteiger partial charge < -0.3 is 9.73 Å². The first-order chi connectivity index (χ1) is 8.33. The molecule has 0 saturated carbocycles. The molecule has 0 aliphatic carbocycles. The van der Waals surface area contributed by atoms with Gasteiger partial charge in [-0.2, -0.15) is 5.10 Å². The Bertz CT molecular complexity index is 642. The fraction of sp³-hybridized carbons (Fsp3) is 0.182. The van der Waals surface area contributed by atoms with Crippen molar-refractivity contribution in [3.05, 3.63) is 42.5 Å². The van der Waals surface area contributed by atoms with Crippen LogP contribution in [-0.4, -0.2) is 19.6 Å². The number of nitrogens with zero attached hydrogens (tertiary/aromatic N) is 4. The number of hydrogen-bond donors (Lipinski definition) is 1. The minimum Gasteiger partial charge on any atom is -0.444 e. The molecule has 0 aliphatic rings. The lowest BCUT2D eigenvalue weighted by atomic mass is 10.4. The van der Waals surface area contributed by atoms with E-state index in [4.69, 9.17) is 4.42 Å². The average molecular weight is 229 g/mol. The van der Waals surface area contributed by atoms with Crippen molar-refractivity contribution >= 4 is 11.3 Å². The molecule has 3 rings (SSSR count). The van der Waals surface area contributed by atoms with Crippen molar-refractivity contribution in [3.8, 4) is 0 Å². The molecule has 6 heteroatoms. The number of aryl methyl sites for hydroxylation is 1. The molecule has 0 radical (unpaired) electrons. The Morgan fingerprint density at radius 3 is 3.12 bits per heavy atom. The van der Waals surface area contributed by atoms with E-state index in [-0.39, 0.29) is 0 Å². The second-order valence-corrected chi connectivity index (χ2v) is 3.66. The maximum Gasteiger partial charge on any atom is 0.213 e. The van der Waals surface area contributed by atoms with Crippen LogP contribution in [0.1, 0.15) is 11.7 Å². The number of hydrogen-bond acceptors (Lipinski definition) is 5. The highest BCUT2D eigenvalue weighted by Crippen LogP contribution is 2.13. The Morgan fingerprint density at radius 2 is 2.29 bits per heavy atom. The van der Waals surface area contributed by atoms with Crippen molar-refractivity contribution in [3.63, 3.8) is 0 Å². The molecule has 0 saturated heterocycles. The molecular formula is C11H11N5O. The number of oxazole rings is 1. The first kappa shape index (κ1) is 9.83. The Morgan fingerprint density at radius 1 is 1.35 bits per heavy atom. The summed E-state index contributed by atoms with van der Waals surface area (Å²) in [4.78, 5) is 8.38. The highest BCUT2D eigenvalue weighted by Gasteiger charge is 2.04. The lowest BCUT2D eigenvalue weighted by molar-refractivity contribution is 0.479. The van der Waals surface area contributed by atoms with Gasteiger partial charge in [0.25, 0.3) is 0 Å². The van der Waals surface area contributed by atoms with E-state index in [9.17, 15) is 0 Å². The third kappa shape index (κ3) is 1.84. The van der Waals surface area contributed by atoms with Gasteiger partial charge in [0.05, 0.1) is 18.9 Å². The molecule has 0 spiro atoms. The van der Waals surface area contributed by atoms with E-state index < -0.39 is 0 Å². The molecule has 0 aromatic carbocycles. The third-order valence-corrected chi connectivity index (χ3v) is 2.40. The van der Waals surface area contributed by atoms with Crippen LogP contribution in [0.3, 0.4) is 0 Å². The van der Waals surface area contributed by atoms with Gasteiger partial charge in [-0.25, -0.2) is 14.5 Å². The molecule has 86 valence electrons. The minimum absolute atomic E-state index is 0.506. The summed E-state index contributed by atoms with van der Waals surface area (Å²) in [7, 11) is 0. The topological polar surface area (TPSA) is 68.2 Å². The molecule has 0 bridgehead atoms. The lowest BCUT2D eigenvalue weighted by Gasteiger charge is -2.04. The van der Waals surface area contributed by atoms with E-state index in [2.05, 4.69) is 20.4 Å². The standard InChI is InChI=1S/C11H11N5O/c1-8-6-13-10(17-8)7-14-11-9-2-3-15-16(9)5-4-12-11/h2-6H,7H2,1H3,(H,12,14). The van der Waals surface area contributed by atoms with Crippen LogP contribution in [-0.2, 0) is 6.54 Å². The van der Waals surface area contributed by atoms with E-state index in [0.717, 1.165) is 17.1 Å². The normalized spacial score (nSPS) is 10.9. The third-order valence-electron chi connectivity index (χ3n) is 2.40. The highest BCUT2D eigenvalue weighted by molar-refractivity contribution is 5.66. The maximum atomic E-state index is 5.37. The summed E-state index contributed by atoms with van der Waals surface area (Å²) < 4.78 is 7.14. The molecule has 0 amide bonds. The van der Waals surface area contributed by atoms with E-state index in [0.29, 0.717) is 12.4 Å². The molecule has 3 heterocycles. The molecule has 0 fully saturated rings. The lowest BCUT2D eigenvalue weighted by Crippen LogP contribution is -2.03. The van der Waals surface area contributed by atoms with Gasteiger partial charge >= 0.3 is 0 Å². The van der Waals surface area contributed by atoms with Crippen LogP contribution in [0, 0.1) is 6.92 Å². The van der Waals surface area contributed by atoms with Gasteiger partial charge in [0.2, 0.25) is 5.89 Å².